The third-order valence-electron chi connectivity index (χ3n) is 18.6. The Bertz CT molecular complexity index is 4340. The van der Waals surface area contributed by atoms with Crippen molar-refractivity contribution in [2.45, 2.75) is 96.6 Å². The normalized spacial score (nSPS) is 13.0. The fourth-order valence-corrected chi connectivity index (χ4v) is 14.9. The third-order valence-corrected chi connectivity index (χ3v) is 18.6. The minimum Gasteiger partial charge on any atom is -0.340 e. The van der Waals surface area contributed by atoms with Crippen molar-refractivity contribution in [1.29, 1.82) is 0 Å². The van der Waals surface area contributed by atoms with E-state index in [-0.39, 0.29) is 0 Å². The number of benzene rings is 12. The Morgan fingerprint density at radius 1 is 0.284 bits per heavy atom. The fourth-order valence-electron chi connectivity index (χ4n) is 14.9. The largest absolute Gasteiger partial charge is 0.340 e. The second kappa shape index (κ2) is 20.4. The highest BCUT2D eigenvalue weighted by molar-refractivity contribution is 6.16. The van der Waals surface area contributed by atoms with Gasteiger partial charge in [-0.2, -0.15) is 0 Å². The van der Waals surface area contributed by atoms with Crippen LogP contribution < -0.4 is 0 Å². The predicted octanol–water partition coefficient (Wildman–Crippen LogP) is 22.2. The van der Waals surface area contributed by atoms with Crippen LogP contribution in [0.3, 0.4) is 0 Å². The second-order valence-electron chi connectivity index (χ2n) is 23.3. The summed E-state index contributed by atoms with van der Waals surface area (Å²) in [4.78, 5) is 0. The first-order valence-corrected chi connectivity index (χ1v) is 30.3. The molecule has 394 valence electrons. The SMILES string of the molecule is CCCCCCCn1c2ccccc2c2cc(C3(c4ccc5c(c4)c4ccccc4n5CCCCCCC)c4cc(-c5c6ccccc6cc6ccccc56)ccc4-c4ccc(-c5c6ccccc6cc6ccccc56)cc43)ccc21. The molecule has 0 radical (unpaired) electrons. The molecule has 0 saturated carbocycles. The van der Waals surface area contributed by atoms with Gasteiger partial charge in [0.15, 0.2) is 0 Å². The Balaban J connectivity index is 1.06. The maximum atomic E-state index is 2.63. The summed E-state index contributed by atoms with van der Waals surface area (Å²) in [5.74, 6) is 0. The molecule has 12 aromatic carbocycles. The lowest BCUT2D eigenvalue weighted by molar-refractivity contribution is 0.584. The molecular formula is C79H68N2. The second-order valence-corrected chi connectivity index (χ2v) is 23.3. The van der Waals surface area contributed by atoms with Crippen molar-refractivity contribution in [2.75, 3.05) is 0 Å². The molecule has 2 heteroatoms. The number of aromatic nitrogens is 2. The van der Waals surface area contributed by atoms with Gasteiger partial charge in [-0.05, 0) is 172 Å². The lowest BCUT2D eigenvalue weighted by Gasteiger charge is -2.35. The molecule has 1 aliphatic carbocycles. The summed E-state index contributed by atoms with van der Waals surface area (Å²) in [6.07, 6.45) is 12.5. The first-order valence-electron chi connectivity index (χ1n) is 30.3. The summed E-state index contributed by atoms with van der Waals surface area (Å²) in [6.45, 7) is 6.63. The van der Waals surface area contributed by atoms with Crippen molar-refractivity contribution in [3.05, 3.63) is 253 Å². The van der Waals surface area contributed by atoms with E-state index in [1.165, 1.54) is 207 Å². The zero-order valence-corrected chi connectivity index (χ0v) is 46.8. The molecule has 2 aromatic heterocycles. The van der Waals surface area contributed by atoms with Gasteiger partial charge in [0.1, 0.15) is 0 Å². The van der Waals surface area contributed by atoms with E-state index in [2.05, 4.69) is 254 Å². The molecule has 0 saturated heterocycles. The number of rotatable bonds is 16. The topological polar surface area (TPSA) is 9.86 Å². The Morgan fingerprint density at radius 2 is 0.630 bits per heavy atom. The van der Waals surface area contributed by atoms with Crippen LogP contribution in [0.15, 0.2) is 231 Å². The number of hydrogen-bond donors (Lipinski definition) is 0. The van der Waals surface area contributed by atoms with E-state index in [4.69, 9.17) is 0 Å². The average molecular weight is 1050 g/mol. The van der Waals surface area contributed by atoms with Gasteiger partial charge < -0.3 is 9.13 Å². The van der Waals surface area contributed by atoms with Crippen molar-refractivity contribution in [1.82, 2.24) is 9.13 Å². The maximum absolute atomic E-state index is 2.63. The van der Waals surface area contributed by atoms with Crippen LogP contribution in [0.1, 0.15) is 100 Å². The number of hydrogen-bond acceptors (Lipinski definition) is 0. The zero-order valence-electron chi connectivity index (χ0n) is 46.8. The van der Waals surface area contributed by atoms with Gasteiger partial charge in [-0.3, -0.25) is 0 Å². The summed E-state index contributed by atoms with van der Waals surface area (Å²) in [7, 11) is 0. The summed E-state index contributed by atoms with van der Waals surface area (Å²) in [5, 5.41) is 15.4. The number of aryl methyl sites for hydroxylation is 2. The molecule has 0 spiro atoms. The average Bonchev–Trinajstić information content (AvgIpc) is 2.92. The van der Waals surface area contributed by atoms with E-state index >= 15 is 0 Å². The molecule has 0 bridgehead atoms. The number of para-hydroxylation sites is 2. The third kappa shape index (κ3) is 7.96. The van der Waals surface area contributed by atoms with Crippen molar-refractivity contribution in [2.24, 2.45) is 0 Å². The maximum Gasteiger partial charge on any atom is 0.0714 e. The lowest BCUT2D eigenvalue weighted by Crippen LogP contribution is -2.28. The summed E-state index contributed by atoms with van der Waals surface area (Å²) in [5.41, 5.74) is 17.4. The van der Waals surface area contributed by atoms with Crippen LogP contribution in [-0.2, 0) is 18.5 Å². The van der Waals surface area contributed by atoms with E-state index in [1.807, 2.05) is 0 Å². The molecule has 0 unspecified atom stereocenters. The highest BCUT2D eigenvalue weighted by Gasteiger charge is 2.47. The molecule has 0 aliphatic heterocycles. The minimum absolute atomic E-state index is 0.743. The van der Waals surface area contributed by atoms with Crippen molar-refractivity contribution in [3.63, 3.8) is 0 Å². The smallest absolute Gasteiger partial charge is 0.0714 e. The monoisotopic (exact) mass is 1040 g/mol. The first-order chi connectivity index (χ1) is 40.1. The molecule has 15 rings (SSSR count). The minimum atomic E-state index is -0.743. The zero-order chi connectivity index (χ0) is 54.0. The standard InChI is InChI=1S/C79H68N2/c1-3-5-7-9-23-45-80-73-35-21-19-33-67(73)69-51-59(39-43-75(69)80)79(60-40-44-76-70(52-60)68-34-20-22-36-74(68)81(76)46-24-10-8-6-4-2)71-49-57(77-61-29-15-11-25-53(61)47-54-26-12-16-30-62(54)77)37-41-65(71)66-42-38-58(50-72(66)79)78-63-31-17-13-27-55(63)48-56-28-14-18-32-64(56)78/h11-22,25-44,47-52H,3-10,23-24,45-46H2,1-2H3. The van der Waals surface area contributed by atoms with Gasteiger partial charge in [0, 0.05) is 56.7 Å². The van der Waals surface area contributed by atoms with Gasteiger partial charge >= 0.3 is 0 Å². The van der Waals surface area contributed by atoms with Gasteiger partial charge in [-0.1, -0.05) is 235 Å². The molecule has 0 amide bonds. The summed E-state index contributed by atoms with van der Waals surface area (Å²) >= 11 is 0. The molecular weight excluding hydrogens is 977 g/mol. The first kappa shape index (κ1) is 49.3. The van der Waals surface area contributed by atoms with Gasteiger partial charge in [0.05, 0.1) is 5.41 Å². The van der Waals surface area contributed by atoms with Crippen LogP contribution in [0.2, 0.25) is 0 Å². The number of unbranched alkanes of at least 4 members (excludes halogenated alkanes) is 8. The predicted molar refractivity (Wildman–Crippen MR) is 348 cm³/mol. The van der Waals surface area contributed by atoms with Crippen molar-refractivity contribution < 1.29 is 0 Å². The Hall–Kier alpha value is -8.72. The van der Waals surface area contributed by atoms with Gasteiger partial charge in [-0.15, -0.1) is 0 Å². The molecule has 0 fully saturated rings. The van der Waals surface area contributed by atoms with Crippen LogP contribution in [0.4, 0.5) is 0 Å². The molecule has 14 aromatic rings. The van der Waals surface area contributed by atoms with E-state index in [0.717, 1.165) is 13.1 Å². The quantitative estimate of drug-likeness (QED) is 0.0674. The molecule has 0 N–H and O–H groups in total. The Labute approximate surface area is 475 Å². The van der Waals surface area contributed by atoms with E-state index in [9.17, 15) is 0 Å². The van der Waals surface area contributed by atoms with Crippen molar-refractivity contribution in [3.8, 4) is 33.4 Å². The Kier molecular flexibility index (Phi) is 12.4. The van der Waals surface area contributed by atoms with Crippen LogP contribution in [0.25, 0.3) is 120 Å². The van der Waals surface area contributed by atoms with E-state index in [0.29, 0.717) is 0 Å². The molecule has 2 nitrogen and oxygen atoms in total. The van der Waals surface area contributed by atoms with Crippen LogP contribution >= 0.6 is 0 Å². The van der Waals surface area contributed by atoms with Gasteiger partial charge in [0.2, 0.25) is 0 Å². The lowest BCUT2D eigenvalue weighted by atomic mass is 9.66. The van der Waals surface area contributed by atoms with Crippen LogP contribution in [0.5, 0.6) is 0 Å². The number of fused-ring (bicyclic) bond motifs is 13. The molecule has 81 heavy (non-hydrogen) atoms. The van der Waals surface area contributed by atoms with Crippen LogP contribution in [0, 0.1) is 0 Å². The Morgan fingerprint density at radius 3 is 1.02 bits per heavy atom. The van der Waals surface area contributed by atoms with E-state index in [1.54, 1.807) is 0 Å². The van der Waals surface area contributed by atoms with Crippen molar-refractivity contribution >= 4 is 86.7 Å². The summed E-state index contributed by atoms with van der Waals surface area (Å²) in [6, 6.07) is 89.4. The highest BCUT2D eigenvalue weighted by atomic mass is 15.0. The van der Waals surface area contributed by atoms with Crippen LogP contribution in [-0.4, -0.2) is 9.13 Å². The molecule has 0 atom stereocenters. The highest BCUT2D eigenvalue weighted by Crippen LogP contribution is 2.59. The summed E-state index contributed by atoms with van der Waals surface area (Å²) < 4.78 is 5.25. The van der Waals surface area contributed by atoms with E-state index < -0.39 is 5.41 Å². The molecule has 1 aliphatic rings. The van der Waals surface area contributed by atoms with Gasteiger partial charge in [0.25, 0.3) is 0 Å². The molecule has 2 heterocycles. The van der Waals surface area contributed by atoms with Gasteiger partial charge in [-0.25, -0.2) is 0 Å². The number of nitrogens with zero attached hydrogens (tertiary/aromatic N) is 2. The fraction of sp³-hybridized carbons (Fsp3) is 0.190.